The zero-order chi connectivity index (χ0) is 12.1. The molecule has 0 amide bonds. The summed E-state index contributed by atoms with van der Waals surface area (Å²) < 4.78 is 23.3. The molecule has 0 aliphatic heterocycles. The second kappa shape index (κ2) is 6.18. The van der Waals surface area contributed by atoms with Gasteiger partial charge in [0.15, 0.2) is 11.6 Å². The van der Waals surface area contributed by atoms with Crippen molar-refractivity contribution in [1.82, 2.24) is 0 Å². The minimum atomic E-state index is -0.592. The van der Waals surface area contributed by atoms with Gasteiger partial charge < -0.3 is 9.47 Å². The van der Waals surface area contributed by atoms with Crippen LogP contribution in [-0.4, -0.2) is 13.7 Å². The topological polar surface area (TPSA) is 18.5 Å². The molecule has 0 N–H and O–H groups in total. The molecule has 0 unspecified atom stereocenters. The fourth-order valence-electron chi connectivity index (χ4n) is 1.02. The van der Waals surface area contributed by atoms with Gasteiger partial charge in [-0.1, -0.05) is 34.8 Å². The molecule has 0 heterocycles. The van der Waals surface area contributed by atoms with Crippen molar-refractivity contribution in [2.45, 2.75) is 0 Å². The van der Waals surface area contributed by atoms with Gasteiger partial charge in [0.05, 0.1) is 12.1 Å². The molecule has 2 nitrogen and oxygen atoms in total. The molecule has 0 radical (unpaired) electrons. The highest BCUT2D eigenvalue weighted by atomic mass is 35.5. The monoisotopic (exact) mass is 284 g/mol. The summed E-state index contributed by atoms with van der Waals surface area (Å²) >= 11 is 16.5. The van der Waals surface area contributed by atoms with Crippen LogP contribution in [0.5, 0.6) is 11.5 Å². The predicted octanol–water partition coefficient (Wildman–Crippen LogP) is 4.19. The highest BCUT2D eigenvalue weighted by molar-refractivity contribution is 6.55. The van der Waals surface area contributed by atoms with Crippen LogP contribution in [0.4, 0.5) is 4.39 Å². The molecule has 1 aromatic rings. The Morgan fingerprint density at radius 2 is 2.12 bits per heavy atom. The van der Waals surface area contributed by atoms with Gasteiger partial charge in [-0.05, 0) is 6.08 Å². The Labute approximate surface area is 108 Å². The lowest BCUT2D eigenvalue weighted by molar-refractivity contribution is 0.353. The number of hydrogen-bond donors (Lipinski definition) is 0. The van der Waals surface area contributed by atoms with Crippen molar-refractivity contribution in [3.05, 3.63) is 33.5 Å². The number of halogens is 4. The molecule has 0 fully saturated rings. The van der Waals surface area contributed by atoms with E-state index in [0.29, 0.717) is 0 Å². The number of benzene rings is 1. The zero-order valence-electron chi connectivity index (χ0n) is 8.27. The molecule has 1 rings (SSSR count). The number of methoxy groups -OCH3 is 1. The third kappa shape index (κ3) is 3.74. The van der Waals surface area contributed by atoms with Crippen molar-refractivity contribution in [2.75, 3.05) is 13.7 Å². The smallest absolute Gasteiger partial charge is 0.173 e. The average Bonchev–Trinajstić information content (AvgIpc) is 2.16. The Hall–Kier alpha value is -0.640. The largest absolute Gasteiger partial charge is 0.492 e. The van der Waals surface area contributed by atoms with E-state index in [-0.39, 0.29) is 27.6 Å². The van der Waals surface area contributed by atoms with Crippen LogP contribution >= 0.6 is 34.8 Å². The Balaban J connectivity index is 2.80. The second-order valence-corrected chi connectivity index (χ2v) is 4.14. The number of hydrogen-bond acceptors (Lipinski definition) is 2. The fourth-order valence-corrected chi connectivity index (χ4v) is 1.42. The summed E-state index contributed by atoms with van der Waals surface area (Å²) in [4.78, 5) is 0. The molecule has 16 heavy (non-hydrogen) atoms. The maximum Gasteiger partial charge on any atom is 0.173 e. The van der Waals surface area contributed by atoms with E-state index in [1.807, 2.05) is 0 Å². The minimum Gasteiger partial charge on any atom is -0.492 e. The van der Waals surface area contributed by atoms with Crippen LogP contribution < -0.4 is 9.47 Å². The van der Waals surface area contributed by atoms with Crippen LogP contribution in [0.1, 0.15) is 0 Å². The molecular weight excluding hydrogens is 277 g/mol. The minimum absolute atomic E-state index is 0.0139. The lowest BCUT2D eigenvalue weighted by Gasteiger charge is -2.08. The summed E-state index contributed by atoms with van der Waals surface area (Å²) in [6, 6.07) is 2.61. The quantitative estimate of drug-likeness (QED) is 0.826. The molecule has 0 aliphatic carbocycles. The Kier molecular flexibility index (Phi) is 5.19. The van der Waals surface area contributed by atoms with Gasteiger partial charge >= 0.3 is 0 Å². The molecule has 0 spiro atoms. The summed E-state index contributed by atoms with van der Waals surface area (Å²) in [5.41, 5.74) is 0. The predicted molar refractivity (Wildman–Crippen MR) is 63.2 cm³/mol. The highest BCUT2D eigenvalue weighted by Crippen LogP contribution is 2.31. The second-order valence-electron chi connectivity index (χ2n) is 2.72. The highest BCUT2D eigenvalue weighted by Gasteiger charge is 2.10. The van der Waals surface area contributed by atoms with Crippen LogP contribution in [0.25, 0.3) is 0 Å². The van der Waals surface area contributed by atoms with E-state index in [9.17, 15) is 4.39 Å². The average molecular weight is 286 g/mol. The van der Waals surface area contributed by atoms with E-state index < -0.39 is 5.82 Å². The molecule has 0 saturated carbocycles. The first-order chi connectivity index (χ1) is 7.54. The van der Waals surface area contributed by atoms with Crippen LogP contribution in [0.2, 0.25) is 5.02 Å². The molecule has 0 aromatic heterocycles. The van der Waals surface area contributed by atoms with Gasteiger partial charge in [-0.3, -0.25) is 0 Å². The van der Waals surface area contributed by atoms with Crippen molar-refractivity contribution in [2.24, 2.45) is 0 Å². The summed E-state index contributed by atoms with van der Waals surface area (Å²) in [6.07, 6.45) is 1.43. The molecule has 88 valence electrons. The van der Waals surface area contributed by atoms with E-state index in [0.717, 1.165) is 0 Å². The molecule has 1 aromatic carbocycles. The number of ether oxygens (including phenoxy) is 2. The van der Waals surface area contributed by atoms with Gasteiger partial charge in [0.25, 0.3) is 0 Å². The number of rotatable bonds is 4. The summed E-state index contributed by atoms with van der Waals surface area (Å²) in [6.45, 7) is 0.129. The van der Waals surface area contributed by atoms with E-state index in [4.69, 9.17) is 44.3 Å². The fraction of sp³-hybridized carbons (Fsp3) is 0.200. The third-order valence-electron chi connectivity index (χ3n) is 1.66. The van der Waals surface area contributed by atoms with E-state index in [1.165, 1.54) is 25.3 Å². The van der Waals surface area contributed by atoms with Gasteiger partial charge in [0.1, 0.15) is 16.8 Å². The lowest BCUT2D eigenvalue weighted by atomic mass is 10.3. The molecular formula is C10H8Cl3FO2. The van der Waals surface area contributed by atoms with Crippen molar-refractivity contribution >= 4 is 34.8 Å². The van der Waals surface area contributed by atoms with E-state index >= 15 is 0 Å². The molecule has 6 heteroatoms. The van der Waals surface area contributed by atoms with Crippen LogP contribution in [0.15, 0.2) is 22.7 Å². The normalized spacial score (nSPS) is 9.81. The molecule has 0 atom stereocenters. The maximum atomic E-state index is 13.3. The first-order valence-corrected chi connectivity index (χ1v) is 5.35. The van der Waals surface area contributed by atoms with Crippen molar-refractivity contribution in [1.29, 1.82) is 0 Å². The maximum absolute atomic E-state index is 13.3. The Morgan fingerprint density at radius 3 is 2.62 bits per heavy atom. The molecule has 0 saturated heterocycles. The van der Waals surface area contributed by atoms with Crippen molar-refractivity contribution < 1.29 is 13.9 Å². The van der Waals surface area contributed by atoms with Gasteiger partial charge in [-0.25, -0.2) is 4.39 Å². The van der Waals surface area contributed by atoms with Crippen LogP contribution in [-0.2, 0) is 0 Å². The van der Waals surface area contributed by atoms with Crippen molar-refractivity contribution in [3.63, 3.8) is 0 Å². The molecule has 0 bridgehead atoms. The van der Waals surface area contributed by atoms with E-state index in [1.54, 1.807) is 0 Å². The Bertz CT molecular complexity index is 380. The zero-order valence-corrected chi connectivity index (χ0v) is 10.5. The van der Waals surface area contributed by atoms with Gasteiger partial charge in [0, 0.05) is 12.1 Å². The first kappa shape index (κ1) is 13.4. The standard InChI is InChI=1S/C10H8Cl3FO2/c1-15-10-7(11)4-6(5-8(10)14)16-3-2-9(12)13/h2,4-5H,3H2,1H3. The van der Waals surface area contributed by atoms with Gasteiger partial charge in [-0.2, -0.15) is 0 Å². The van der Waals surface area contributed by atoms with Crippen LogP contribution in [0.3, 0.4) is 0 Å². The summed E-state index contributed by atoms with van der Waals surface area (Å²) in [5.74, 6) is -0.333. The lowest BCUT2D eigenvalue weighted by Crippen LogP contribution is -1.96. The SMILES string of the molecule is COc1c(F)cc(OCC=C(Cl)Cl)cc1Cl. The first-order valence-electron chi connectivity index (χ1n) is 4.21. The van der Waals surface area contributed by atoms with Gasteiger partial charge in [-0.15, -0.1) is 0 Å². The van der Waals surface area contributed by atoms with E-state index in [2.05, 4.69) is 0 Å². The van der Waals surface area contributed by atoms with Crippen molar-refractivity contribution in [3.8, 4) is 11.5 Å². The van der Waals surface area contributed by atoms with Gasteiger partial charge in [0.2, 0.25) is 0 Å². The third-order valence-corrected chi connectivity index (χ3v) is 2.25. The molecule has 0 aliphatic rings. The Morgan fingerprint density at radius 1 is 1.44 bits per heavy atom. The van der Waals surface area contributed by atoms with Crippen LogP contribution in [0, 0.1) is 5.82 Å². The summed E-state index contributed by atoms with van der Waals surface area (Å²) in [7, 11) is 1.33. The summed E-state index contributed by atoms with van der Waals surface area (Å²) in [5, 5.41) is 0.137.